The van der Waals surface area contributed by atoms with Gasteiger partial charge in [0.2, 0.25) is 0 Å². The molecule has 0 amide bonds. The van der Waals surface area contributed by atoms with Gasteiger partial charge in [-0.15, -0.1) is 0 Å². The van der Waals surface area contributed by atoms with Gasteiger partial charge >= 0.3 is 0 Å². The molecule has 1 N–H and O–H groups in total. The van der Waals surface area contributed by atoms with Crippen molar-refractivity contribution >= 4 is 5.96 Å². The minimum atomic E-state index is -0.142. The molecule has 1 aliphatic rings. The maximum Gasteiger partial charge on any atom is 0.193 e. The number of halogens is 1. The van der Waals surface area contributed by atoms with Crippen LogP contribution in [0.25, 0.3) is 0 Å². The van der Waals surface area contributed by atoms with Crippen LogP contribution in [0, 0.1) is 11.7 Å². The molecule has 0 spiro atoms. The van der Waals surface area contributed by atoms with Gasteiger partial charge in [0.1, 0.15) is 5.82 Å². The van der Waals surface area contributed by atoms with E-state index >= 15 is 0 Å². The van der Waals surface area contributed by atoms with Crippen molar-refractivity contribution in [1.29, 1.82) is 0 Å². The number of ether oxygens (including phenoxy) is 1. The molecule has 5 heteroatoms. The molecule has 0 saturated carbocycles. The van der Waals surface area contributed by atoms with Crippen molar-refractivity contribution in [1.82, 2.24) is 10.2 Å². The van der Waals surface area contributed by atoms with E-state index in [9.17, 15) is 4.39 Å². The topological polar surface area (TPSA) is 36.9 Å². The molecule has 1 fully saturated rings. The molecule has 2 rings (SSSR count). The molecule has 4 nitrogen and oxygen atoms in total. The van der Waals surface area contributed by atoms with Gasteiger partial charge in [-0.25, -0.2) is 4.39 Å². The molecule has 0 atom stereocenters. The molecular weight excluding hydrogens is 293 g/mol. The third kappa shape index (κ3) is 5.82. The molecular formula is C18H28FN3O. The average molecular weight is 321 g/mol. The highest BCUT2D eigenvalue weighted by Gasteiger charge is 2.15. The summed E-state index contributed by atoms with van der Waals surface area (Å²) in [6.07, 6.45) is 4.13. The Hall–Kier alpha value is -1.62. The Labute approximate surface area is 138 Å². The predicted octanol–water partition coefficient (Wildman–Crippen LogP) is 2.69. The molecule has 1 heterocycles. The van der Waals surface area contributed by atoms with E-state index in [1.165, 1.54) is 6.07 Å². The summed E-state index contributed by atoms with van der Waals surface area (Å²) in [5.41, 5.74) is 0.736. The Morgan fingerprint density at radius 3 is 2.78 bits per heavy atom. The van der Waals surface area contributed by atoms with Crippen LogP contribution < -0.4 is 5.32 Å². The number of nitrogens with zero attached hydrogens (tertiary/aromatic N) is 2. The van der Waals surface area contributed by atoms with Crippen LogP contribution in [0.4, 0.5) is 4.39 Å². The van der Waals surface area contributed by atoms with E-state index in [1.54, 1.807) is 13.1 Å². The van der Waals surface area contributed by atoms with E-state index < -0.39 is 0 Å². The molecule has 1 aromatic rings. The standard InChI is InChI=1S/C18H28FN3O/c1-20-18(21-11-7-16-5-3-4-6-17(16)19)22(2)12-8-15-9-13-23-14-10-15/h3-6,15H,7-14H2,1-2H3,(H,20,21). The first-order valence-corrected chi connectivity index (χ1v) is 8.43. The highest BCUT2D eigenvalue weighted by Crippen LogP contribution is 2.18. The first-order valence-electron chi connectivity index (χ1n) is 8.43. The lowest BCUT2D eigenvalue weighted by Gasteiger charge is -2.26. The summed E-state index contributed by atoms with van der Waals surface area (Å²) in [6.45, 7) is 3.44. The molecule has 128 valence electrons. The summed E-state index contributed by atoms with van der Waals surface area (Å²) in [7, 11) is 3.84. The van der Waals surface area contributed by atoms with Gasteiger partial charge in [0.25, 0.3) is 0 Å². The summed E-state index contributed by atoms with van der Waals surface area (Å²) in [4.78, 5) is 6.47. The minimum Gasteiger partial charge on any atom is -0.381 e. The summed E-state index contributed by atoms with van der Waals surface area (Å²) < 4.78 is 19.0. The summed E-state index contributed by atoms with van der Waals surface area (Å²) in [5.74, 6) is 1.48. The summed E-state index contributed by atoms with van der Waals surface area (Å²) in [5, 5.41) is 3.32. The van der Waals surface area contributed by atoms with Crippen molar-refractivity contribution in [2.45, 2.75) is 25.7 Å². The number of rotatable bonds is 6. The fraction of sp³-hybridized carbons (Fsp3) is 0.611. The molecule has 1 aliphatic heterocycles. The van der Waals surface area contributed by atoms with E-state index in [0.717, 1.165) is 56.5 Å². The Balaban J connectivity index is 1.72. The zero-order valence-corrected chi connectivity index (χ0v) is 14.2. The quantitative estimate of drug-likeness (QED) is 0.646. The van der Waals surface area contributed by atoms with E-state index in [-0.39, 0.29) is 5.82 Å². The zero-order chi connectivity index (χ0) is 16.5. The van der Waals surface area contributed by atoms with Crippen LogP contribution in [0.3, 0.4) is 0 Å². The van der Waals surface area contributed by atoms with Crippen LogP contribution in [0.15, 0.2) is 29.3 Å². The lowest BCUT2D eigenvalue weighted by atomic mass is 9.96. The first-order chi connectivity index (χ1) is 11.2. The molecule has 0 unspecified atom stereocenters. The number of guanidine groups is 1. The number of aliphatic imine (C=N–C) groups is 1. The zero-order valence-electron chi connectivity index (χ0n) is 14.2. The highest BCUT2D eigenvalue weighted by molar-refractivity contribution is 5.79. The Morgan fingerprint density at radius 1 is 1.35 bits per heavy atom. The lowest BCUT2D eigenvalue weighted by Crippen LogP contribution is -2.40. The van der Waals surface area contributed by atoms with Crippen LogP contribution in [0.2, 0.25) is 0 Å². The van der Waals surface area contributed by atoms with Gasteiger partial charge in [-0.05, 0) is 43.2 Å². The molecule has 0 bridgehead atoms. The SMILES string of the molecule is CN=C(NCCc1ccccc1F)N(C)CCC1CCOCC1. The van der Waals surface area contributed by atoms with Crippen molar-refractivity contribution in [3.05, 3.63) is 35.6 Å². The van der Waals surface area contributed by atoms with Gasteiger partial charge < -0.3 is 15.0 Å². The van der Waals surface area contributed by atoms with Crippen LogP contribution in [-0.4, -0.2) is 51.3 Å². The third-order valence-electron chi connectivity index (χ3n) is 4.42. The van der Waals surface area contributed by atoms with Crippen molar-refractivity contribution in [2.24, 2.45) is 10.9 Å². The third-order valence-corrected chi connectivity index (χ3v) is 4.42. The Morgan fingerprint density at radius 2 is 2.09 bits per heavy atom. The van der Waals surface area contributed by atoms with Crippen LogP contribution in [-0.2, 0) is 11.2 Å². The number of hydrogen-bond donors (Lipinski definition) is 1. The molecule has 0 radical (unpaired) electrons. The molecule has 0 aromatic heterocycles. The van der Waals surface area contributed by atoms with Gasteiger partial charge in [0.15, 0.2) is 5.96 Å². The van der Waals surface area contributed by atoms with Crippen molar-refractivity contribution in [3.8, 4) is 0 Å². The van der Waals surface area contributed by atoms with Gasteiger partial charge in [-0.1, -0.05) is 18.2 Å². The smallest absolute Gasteiger partial charge is 0.193 e. The number of hydrogen-bond acceptors (Lipinski definition) is 2. The molecule has 1 saturated heterocycles. The predicted molar refractivity (Wildman–Crippen MR) is 92.3 cm³/mol. The molecule has 23 heavy (non-hydrogen) atoms. The van der Waals surface area contributed by atoms with Crippen LogP contribution >= 0.6 is 0 Å². The monoisotopic (exact) mass is 321 g/mol. The highest BCUT2D eigenvalue weighted by atomic mass is 19.1. The number of benzene rings is 1. The van der Waals surface area contributed by atoms with E-state index in [2.05, 4.69) is 22.3 Å². The molecule has 1 aromatic carbocycles. The summed E-state index contributed by atoms with van der Waals surface area (Å²) >= 11 is 0. The van der Waals surface area contributed by atoms with E-state index in [0.29, 0.717) is 13.0 Å². The maximum atomic E-state index is 13.6. The fourth-order valence-electron chi connectivity index (χ4n) is 2.91. The Kier molecular flexibility index (Phi) is 7.33. The summed E-state index contributed by atoms with van der Waals surface area (Å²) in [6, 6.07) is 6.92. The second kappa shape index (κ2) is 9.50. The van der Waals surface area contributed by atoms with Gasteiger partial charge in [0, 0.05) is 40.4 Å². The normalized spacial score (nSPS) is 16.4. The van der Waals surface area contributed by atoms with Crippen molar-refractivity contribution in [3.63, 3.8) is 0 Å². The first kappa shape index (κ1) is 17.7. The molecule has 0 aliphatic carbocycles. The second-order valence-corrected chi connectivity index (χ2v) is 6.08. The Bertz CT molecular complexity index is 501. The fourth-order valence-corrected chi connectivity index (χ4v) is 2.91. The lowest BCUT2D eigenvalue weighted by molar-refractivity contribution is 0.0625. The minimum absolute atomic E-state index is 0.142. The van der Waals surface area contributed by atoms with Crippen LogP contribution in [0.1, 0.15) is 24.8 Å². The van der Waals surface area contributed by atoms with E-state index in [4.69, 9.17) is 4.74 Å². The largest absolute Gasteiger partial charge is 0.381 e. The second-order valence-electron chi connectivity index (χ2n) is 6.08. The van der Waals surface area contributed by atoms with Gasteiger partial charge in [-0.3, -0.25) is 4.99 Å². The van der Waals surface area contributed by atoms with E-state index in [1.807, 2.05) is 12.1 Å². The number of nitrogens with one attached hydrogen (secondary N) is 1. The van der Waals surface area contributed by atoms with Crippen LogP contribution in [0.5, 0.6) is 0 Å². The van der Waals surface area contributed by atoms with Gasteiger partial charge in [0.05, 0.1) is 0 Å². The van der Waals surface area contributed by atoms with Gasteiger partial charge in [-0.2, -0.15) is 0 Å². The van der Waals surface area contributed by atoms with Crippen molar-refractivity contribution in [2.75, 3.05) is 40.4 Å². The maximum absolute atomic E-state index is 13.6. The average Bonchev–Trinajstić information content (AvgIpc) is 2.59. The van der Waals surface area contributed by atoms with Crippen molar-refractivity contribution < 1.29 is 9.13 Å².